The third kappa shape index (κ3) is 6.36. The number of fused-ring (bicyclic) bond motifs is 5. The van der Waals surface area contributed by atoms with Gasteiger partial charge in [-0.05, 0) is 92.5 Å². The highest BCUT2D eigenvalue weighted by molar-refractivity contribution is 7.21. The van der Waals surface area contributed by atoms with E-state index in [9.17, 15) is 5.11 Å². The fourth-order valence-corrected chi connectivity index (χ4v) is 8.80. The highest BCUT2D eigenvalue weighted by atomic mass is 32.1. The van der Waals surface area contributed by atoms with Crippen molar-refractivity contribution in [3.63, 3.8) is 0 Å². The quantitative estimate of drug-likeness (QED) is 0.172. The molecular formula is C52H38N2O2S. The van der Waals surface area contributed by atoms with Gasteiger partial charge in [-0.1, -0.05) is 136 Å². The van der Waals surface area contributed by atoms with E-state index in [-0.39, 0.29) is 11.2 Å². The Morgan fingerprint density at radius 1 is 0.596 bits per heavy atom. The van der Waals surface area contributed by atoms with Crippen molar-refractivity contribution < 1.29 is 9.52 Å². The van der Waals surface area contributed by atoms with Crippen molar-refractivity contribution in [1.82, 2.24) is 4.98 Å². The molecule has 2 heterocycles. The van der Waals surface area contributed by atoms with Crippen LogP contribution in [0.5, 0.6) is 5.75 Å². The van der Waals surface area contributed by atoms with E-state index in [0.29, 0.717) is 5.56 Å². The van der Waals surface area contributed by atoms with Crippen molar-refractivity contribution in [3.8, 4) is 49.7 Å². The normalized spacial score (nSPS) is 12.1. The molecule has 8 aromatic carbocycles. The summed E-state index contributed by atoms with van der Waals surface area (Å²) < 4.78 is 7.66. The van der Waals surface area contributed by atoms with Crippen LogP contribution < -0.4 is 0 Å². The fourth-order valence-electron chi connectivity index (χ4n) is 7.73. The molecular weight excluding hydrogens is 717 g/mol. The second-order valence-electron chi connectivity index (χ2n) is 15.6. The van der Waals surface area contributed by atoms with E-state index in [2.05, 4.69) is 136 Å². The molecule has 0 saturated carbocycles. The minimum Gasteiger partial charge on any atom is -0.507 e. The molecule has 0 aliphatic rings. The molecule has 0 atom stereocenters. The van der Waals surface area contributed by atoms with Gasteiger partial charge >= 0.3 is 0 Å². The highest BCUT2D eigenvalue weighted by Crippen LogP contribution is 2.44. The number of hydrogen-bond acceptors (Lipinski definition) is 5. The standard InChI is InChI=1S/C52H38N2O2S/c1-52(2,3)39-25-26-46(55)38(28-39)31-53-45-17-8-6-14-43(45)51-54-49-44(42-16-10-15-41-40-13-7-9-18-47(40)56-50(41)42)29-37(30-48(49)57-51)34-21-19-33(20-22-34)36-24-23-32-11-4-5-12-35(32)27-36/h4-31,55H,1-3H3. The Morgan fingerprint density at radius 3 is 2.14 bits per heavy atom. The lowest BCUT2D eigenvalue weighted by Crippen LogP contribution is -2.11. The summed E-state index contributed by atoms with van der Waals surface area (Å²) in [4.78, 5) is 10.3. The first kappa shape index (κ1) is 34.7. The second-order valence-corrected chi connectivity index (χ2v) is 16.6. The summed E-state index contributed by atoms with van der Waals surface area (Å²) in [5, 5.41) is 16.3. The van der Waals surface area contributed by atoms with Crippen LogP contribution in [0, 0.1) is 0 Å². The molecule has 0 radical (unpaired) electrons. The Kier molecular flexibility index (Phi) is 8.35. The lowest BCUT2D eigenvalue weighted by molar-refractivity contribution is 0.473. The Hall–Kier alpha value is -6.82. The summed E-state index contributed by atoms with van der Waals surface area (Å²) in [6, 6.07) is 56.9. The maximum Gasteiger partial charge on any atom is 0.143 e. The summed E-state index contributed by atoms with van der Waals surface area (Å²) in [5.41, 5.74) is 12.7. The minimum absolute atomic E-state index is 0.0578. The number of benzene rings is 8. The van der Waals surface area contributed by atoms with E-state index in [1.807, 2.05) is 42.5 Å². The van der Waals surface area contributed by atoms with Crippen molar-refractivity contribution in [2.24, 2.45) is 4.99 Å². The number of hydrogen-bond donors (Lipinski definition) is 1. The van der Waals surface area contributed by atoms with Crippen molar-refractivity contribution >= 4 is 66.2 Å². The number of aromatic hydroxyl groups is 1. The molecule has 0 bridgehead atoms. The molecule has 10 aromatic rings. The maximum absolute atomic E-state index is 10.7. The molecule has 4 nitrogen and oxygen atoms in total. The van der Waals surface area contributed by atoms with Gasteiger partial charge in [0, 0.05) is 39.2 Å². The van der Waals surface area contributed by atoms with Crippen LogP contribution in [0.15, 0.2) is 173 Å². The number of nitrogens with zero attached hydrogens (tertiary/aromatic N) is 2. The molecule has 1 N–H and O–H groups in total. The zero-order valence-electron chi connectivity index (χ0n) is 31.8. The third-order valence-corrected chi connectivity index (χ3v) is 11.9. The molecule has 0 fully saturated rings. The van der Waals surface area contributed by atoms with Crippen LogP contribution >= 0.6 is 11.3 Å². The highest BCUT2D eigenvalue weighted by Gasteiger charge is 2.20. The van der Waals surface area contributed by atoms with Gasteiger partial charge in [-0.25, -0.2) is 4.98 Å². The van der Waals surface area contributed by atoms with Crippen molar-refractivity contribution in [1.29, 1.82) is 0 Å². The number of furan rings is 1. The number of thiazole rings is 1. The molecule has 0 unspecified atom stereocenters. The smallest absolute Gasteiger partial charge is 0.143 e. The van der Waals surface area contributed by atoms with E-state index in [4.69, 9.17) is 14.4 Å². The molecule has 5 heteroatoms. The predicted molar refractivity (Wildman–Crippen MR) is 240 cm³/mol. The third-order valence-electron chi connectivity index (χ3n) is 10.9. The van der Waals surface area contributed by atoms with Gasteiger partial charge in [0.1, 0.15) is 21.9 Å². The van der Waals surface area contributed by atoms with Crippen LogP contribution in [0.25, 0.3) is 86.9 Å². The first-order valence-electron chi connectivity index (χ1n) is 19.2. The molecule has 0 aliphatic carbocycles. The van der Waals surface area contributed by atoms with Crippen LogP contribution in [0.1, 0.15) is 31.9 Å². The number of aliphatic imine (C=N–C) groups is 1. The van der Waals surface area contributed by atoms with Crippen LogP contribution in [-0.4, -0.2) is 16.3 Å². The molecule has 0 amide bonds. The average molecular weight is 755 g/mol. The number of para-hydroxylation sites is 3. The van der Waals surface area contributed by atoms with Crippen molar-refractivity contribution in [2.75, 3.05) is 0 Å². The predicted octanol–water partition coefficient (Wildman–Crippen LogP) is 14.8. The largest absolute Gasteiger partial charge is 0.507 e. The molecule has 274 valence electrons. The summed E-state index contributed by atoms with van der Waals surface area (Å²) in [5.74, 6) is 0.200. The molecule has 10 rings (SSSR count). The van der Waals surface area contributed by atoms with Gasteiger partial charge in [0.05, 0.1) is 15.9 Å². The van der Waals surface area contributed by atoms with Gasteiger partial charge in [-0.15, -0.1) is 11.3 Å². The molecule has 2 aromatic heterocycles. The summed E-state index contributed by atoms with van der Waals surface area (Å²) >= 11 is 1.66. The van der Waals surface area contributed by atoms with Crippen LogP contribution in [0.3, 0.4) is 0 Å². The number of phenols is 1. The molecule has 0 saturated heterocycles. The van der Waals surface area contributed by atoms with E-state index in [1.54, 1.807) is 23.6 Å². The van der Waals surface area contributed by atoms with E-state index in [0.717, 1.165) is 76.2 Å². The lowest BCUT2D eigenvalue weighted by Gasteiger charge is -2.19. The molecule has 57 heavy (non-hydrogen) atoms. The van der Waals surface area contributed by atoms with E-state index >= 15 is 0 Å². The topological polar surface area (TPSA) is 58.6 Å². The van der Waals surface area contributed by atoms with Gasteiger partial charge in [0.25, 0.3) is 0 Å². The monoisotopic (exact) mass is 754 g/mol. The van der Waals surface area contributed by atoms with Crippen LogP contribution in [0.4, 0.5) is 5.69 Å². The first-order valence-corrected chi connectivity index (χ1v) is 20.0. The first-order chi connectivity index (χ1) is 27.8. The Balaban J connectivity index is 1.11. The second kappa shape index (κ2) is 13.7. The zero-order chi connectivity index (χ0) is 38.7. The van der Waals surface area contributed by atoms with E-state index in [1.165, 1.54) is 21.9 Å². The summed E-state index contributed by atoms with van der Waals surface area (Å²) in [6.07, 6.45) is 1.75. The van der Waals surface area contributed by atoms with Gasteiger partial charge in [0.2, 0.25) is 0 Å². The van der Waals surface area contributed by atoms with Gasteiger partial charge < -0.3 is 9.52 Å². The Bertz CT molecular complexity index is 3180. The van der Waals surface area contributed by atoms with Gasteiger partial charge in [-0.3, -0.25) is 4.99 Å². The van der Waals surface area contributed by atoms with Crippen molar-refractivity contribution in [3.05, 3.63) is 175 Å². The SMILES string of the molecule is CC(C)(C)c1ccc(O)c(C=Nc2ccccc2-c2nc3c(-c4cccc5c4oc4ccccc45)cc(-c4ccc(-c5ccc6ccccc6c5)cc4)cc3s2)c1. The Morgan fingerprint density at radius 2 is 1.30 bits per heavy atom. The fraction of sp³-hybridized carbons (Fsp3) is 0.0769. The van der Waals surface area contributed by atoms with E-state index < -0.39 is 0 Å². The van der Waals surface area contributed by atoms with Gasteiger partial charge in [-0.2, -0.15) is 0 Å². The summed E-state index contributed by atoms with van der Waals surface area (Å²) in [7, 11) is 0. The lowest BCUT2D eigenvalue weighted by atomic mass is 9.86. The van der Waals surface area contributed by atoms with Crippen LogP contribution in [0.2, 0.25) is 0 Å². The molecule has 0 aliphatic heterocycles. The minimum atomic E-state index is -0.0578. The number of aromatic nitrogens is 1. The average Bonchev–Trinajstić information content (AvgIpc) is 3.85. The maximum atomic E-state index is 10.7. The zero-order valence-corrected chi connectivity index (χ0v) is 32.6. The summed E-state index contributed by atoms with van der Waals surface area (Å²) in [6.45, 7) is 6.49. The van der Waals surface area contributed by atoms with Crippen LogP contribution in [-0.2, 0) is 5.41 Å². The Labute approximate surface area is 335 Å². The van der Waals surface area contributed by atoms with Gasteiger partial charge in [0.15, 0.2) is 0 Å². The number of rotatable bonds is 6. The number of phenolic OH excluding ortho intramolecular Hbond substituents is 1. The molecule has 0 spiro atoms. The van der Waals surface area contributed by atoms with Crippen molar-refractivity contribution in [2.45, 2.75) is 26.2 Å².